The molecule has 0 aromatic heterocycles. The van der Waals surface area contributed by atoms with Crippen molar-refractivity contribution in [3.8, 4) is 0 Å². The van der Waals surface area contributed by atoms with Crippen LogP contribution in [0.5, 0.6) is 0 Å². The first-order valence-electron chi connectivity index (χ1n) is 7.36. The lowest BCUT2D eigenvalue weighted by molar-refractivity contribution is -0.00407. The monoisotopic (exact) mass is 253 g/mol. The van der Waals surface area contributed by atoms with E-state index in [1.54, 1.807) is 0 Å². The van der Waals surface area contributed by atoms with Gasteiger partial charge in [-0.05, 0) is 31.6 Å². The highest BCUT2D eigenvalue weighted by molar-refractivity contribution is 5.78. The van der Waals surface area contributed by atoms with Crippen LogP contribution >= 0.6 is 0 Å². The van der Waals surface area contributed by atoms with E-state index in [0.717, 1.165) is 19.3 Å². The van der Waals surface area contributed by atoms with Gasteiger partial charge in [0.15, 0.2) is 5.96 Å². The van der Waals surface area contributed by atoms with Gasteiger partial charge in [-0.25, -0.2) is 0 Å². The van der Waals surface area contributed by atoms with E-state index in [-0.39, 0.29) is 0 Å². The number of aliphatic hydroxyl groups is 1. The highest BCUT2D eigenvalue weighted by Crippen LogP contribution is 2.32. The van der Waals surface area contributed by atoms with Crippen molar-refractivity contribution < 1.29 is 5.11 Å². The summed E-state index contributed by atoms with van der Waals surface area (Å²) in [6.07, 6.45) is 8.99. The summed E-state index contributed by atoms with van der Waals surface area (Å²) in [5.74, 6) is 1.11. The lowest BCUT2D eigenvalue weighted by Gasteiger charge is -2.34. The Morgan fingerprint density at radius 2 is 2.06 bits per heavy atom. The summed E-state index contributed by atoms with van der Waals surface area (Å²) >= 11 is 0. The van der Waals surface area contributed by atoms with Gasteiger partial charge in [-0.2, -0.15) is 0 Å². The number of guanidine groups is 1. The second-order valence-corrected chi connectivity index (χ2v) is 6.25. The number of aliphatic imine (C=N–C) groups is 1. The Morgan fingerprint density at radius 1 is 1.33 bits per heavy atom. The summed E-state index contributed by atoms with van der Waals surface area (Å²) in [5.41, 5.74) is 5.27. The highest BCUT2D eigenvalue weighted by Gasteiger charge is 2.32. The van der Waals surface area contributed by atoms with E-state index in [0.29, 0.717) is 24.5 Å². The Morgan fingerprint density at radius 3 is 2.72 bits per heavy atom. The molecule has 2 fully saturated rings. The second-order valence-electron chi connectivity index (χ2n) is 6.25. The van der Waals surface area contributed by atoms with E-state index in [4.69, 9.17) is 5.73 Å². The van der Waals surface area contributed by atoms with Gasteiger partial charge in [-0.15, -0.1) is 0 Å². The molecular formula is C14H27N3O. The Labute approximate surface area is 110 Å². The van der Waals surface area contributed by atoms with Crippen LogP contribution in [0.25, 0.3) is 0 Å². The molecule has 2 atom stereocenters. The van der Waals surface area contributed by atoms with Crippen LogP contribution in [0, 0.1) is 5.92 Å². The zero-order chi connectivity index (χ0) is 13.0. The lowest BCUT2D eigenvalue weighted by Crippen LogP contribution is -2.42. The number of nitrogens with zero attached hydrogens (tertiary/aromatic N) is 1. The molecule has 4 N–H and O–H groups in total. The minimum absolute atomic E-state index is 0.447. The summed E-state index contributed by atoms with van der Waals surface area (Å²) in [4.78, 5) is 4.35. The van der Waals surface area contributed by atoms with Gasteiger partial charge in [0.1, 0.15) is 0 Å². The smallest absolute Gasteiger partial charge is 0.188 e. The summed E-state index contributed by atoms with van der Waals surface area (Å²) in [6.45, 7) is 2.65. The van der Waals surface area contributed by atoms with Crippen LogP contribution in [0.3, 0.4) is 0 Å². The average Bonchev–Trinajstić information content (AvgIpc) is 2.79. The molecule has 18 heavy (non-hydrogen) atoms. The average molecular weight is 253 g/mol. The van der Waals surface area contributed by atoms with Crippen LogP contribution in [-0.4, -0.2) is 29.3 Å². The molecule has 0 saturated heterocycles. The minimum atomic E-state index is -0.625. The molecule has 0 aromatic rings. The number of nitrogens with two attached hydrogens (primary N) is 1. The van der Waals surface area contributed by atoms with Crippen molar-refractivity contribution in [3.63, 3.8) is 0 Å². The first-order valence-corrected chi connectivity index (χ1v) is 7.36. The second kappa shape index (κ2) is 5.91. The van der Waals surface area contributed by atoms with E-state index in [2.05, 4.69) is 17.2 Å². The fraction of sp³-hybridized carbons (Fsp3) is 0.929. The third-order valence-corrected chi connectivity index (χ3v) is 4.32. The Hall–Kier alpha value is -0.770. The molecule has 0 radical (unpaired) electrons. The van der Waals surface area contributed by atoms with Crippen LogP contribution in [0.1, 0.15) is 58.3 Å². The van der Waals surface area contributed by atoms with Crippen molar-refractivity contribution in [2.24, 2.45) is 16.6 Å². The molecule has 0 aromatic carbocycles. The maximum Gasteiger partial charge on any atom is 0.188 e. The van der Waals surface area contributed by atoms with Crippen molar-refractivity contribution >= 4 is 5.96 Å². The molecule has 0 aliphatic heterocycles. The van der Waals surface area contributed by atoms with Crippen LogP contribution < -0.4 is 11.1 Å². The molecule has 0 amide bonds. The fourth-order valence-electron chi connectivity index (χ4n) is 3.33. The molecule has 104 valence electrons. The zero-order valence-electron chi connectivity index (χ0n) is 11.5. The quantitative estimate of drug-likeness (QED) is 0.530. The highest BCUT2D eigenvalue weighted by atomic mass is 16.3. The number of rotatable bonds is 3. The van der Waals surface area contributed by atoms with Gasteiger partial charge in [-0.1, -0.05) is 32.6 Å². The van der Waals surface area contributed by atoms with E-state index >= 15 is 0 Å². The van der Waals surface area contributed by atoms with E-state index < -0.39 is 5.60 Å². The lowest BCUT2D eigenvalue weighted by atomic mass is 9.79. The van der Waals surface area contributed by atoms with Gasteiger partial charge in [0.05, 0.1) is 12.1 Å². The molecule has 2 rings (SSSR count). The number of nitrogens with one attached hydrogen (secondary N) is 1. The maximum atomic E-state index is 10.5. The van der Waals surface area contributed by atoms with Crippen LogP contribution in [-0.2, 0) is 0 Å². The Kier molecular flexibility index (Phi) is 4.49. The molecule has 0 heterocycles. The van der Waals surface area contributed by atoms with Crippen molar-refractivity contribution in [1.82, 2.24) is 5.32 Å². The van der Waals surface area contributed by atoms with Gasteiger partial charge in [-0.3, -0.25) is 4.99 Å². The standard InChI is InChI=1S/C14H27N3O/c1-11-5-4-8-14(18,9-11)10-16-13(15)17-12-6-2-3-7-12/h11-12,18H,2-10H2,1H3,(H3,15,16,17). The number of hydrogen-bond acceptors (Lipinski definition) is 2. The molecule has 2 aliphatic rings. The molecule has 4 heteroatoms. The third kappa shape index (κ3) is 3.87. The molecule has 4 nitrogen and oxygen atoms in total. The summed E-state index contributed by atoms with van der Waals surface area (Å²) in [5, 5.41) is 13.7. The van der Waals surface area contributed by atoms with E-state index in [1.807, 2.05) is 0 Å². The van der Waals surface area contributed by atoms with Crippen LogP contribution in [0.2, 0.25) is 0 Å². The summed E-state index contributed by atoms with van der Waals surface area (Å²) in [7, 11) is 0. The molecular weight excluding hydrogens is 226 g/mol. The molecule has 2 unspecified atom stereocenters. The van der Waals surface area contributed by atoms with Crippen LogP contribution in [0.15, 0.2) is 4.99 Å². The van der Waals surface area contributed by atoms with Gasteiger partial charge in [0.2, 0.25) is 0 Å². The SMILES string of the molecule is CC1CCCC(O)(CN=C(N)NC2CCCC2)C1. The predicted octanol–water partition coefficient (Wildman–Crippen LogP) is 1.77. The molecule has 2 aliphatic carbocycles. The fourth-order valence-corrected chi connectivity index (χ4v) is 3.33. The zero-order valence-corrected chi connectivity index (χ0v) is 11.5. The first-order chi connectivity index (χ1) is 8.57. The molecule has 0 spiro atoms. The number of hydrogen-bond donors (Lipinski definition) is 3. The first kappa shape index (κ1) is 13.7. The van der Waals surface area contributed by atoms with Gasteiger partial charge in [0, 0.05) is 6.04 Å². The third-order valence-electron chi connectivity index (χ3n) is 4.32. The van der Waals surface area contributed by atoms with E-state index in [1.165, 1.54) is 32.1 Å². The minimum Gasteiger partial charge on any atom is -0.388 e. The molecule has 0 bridgehead atoms. The van der Waals surface area contributed by atoms with E-state index in [9.17, 15) is 5.11 Å². The van der Waals surface area contributed by atoms with Crippen molar-refractivity contribution in [1.29, 1.82) is 0 Å². The van der Waals surface area contributed by atoms with Crippen molar-refractivity contribution in [2.45, 2.75) is 69.9 Å². The van der Waals surface area contributed by atoms with Crippen molar-refractivity contribution in [3.05, 3.63) is 0 Å². The largest absolute Gasteiger partial charge is 0.388 e. The Bertz CT molecular complexity index is 299. The van der Waals surface area contributed by atoms with Crippen LogP contribution in [0.4, 0.5) is 0 Å². The van der Waals surface area contributed by atoms with Crippen molar-refractivity contribution in [2.75, 3.05) is 6.54 Å². The van der Waals surface area contributed by atoms with Gasteiger partial charge >= 0.3 is 0 Å². The summed E-state index contributed by atoms with van der Waals surface area (Å²) < 4.78 is 0. The van der Waals surface area contributed by atoms with Gasteiger partial charge in [0.25, 0.3) is 0 Å². The topological polar surface area (TPSA) is 70.6 Å². The molecule has 2 saturated carbocycles. The Balaban J connectivity index is 1.80. The normalized spacial score (nSPS) is 34.8. The predicted molar refractivity (Wildman–Crippen MR) is 74.5 cm³/mol. The summed E-state index contributed by atoms with van der Waals surface area (Å²) in [6, 6.07) is 0.494. The maximum absolute atomic E-state index is 10.5. The van der Waals surface area contributed by atoms with Gasteiger partial charge < -0.3 is 16.2 Å².